The van der Waals surface area contributed by atoms with Crippen molar-refractivity contribution in [2.75, 3.05) is 24.6 Å². The van der Waals surface area contributed by atoms with Crippen LogP contribution in [0.4, 0.5) is 10.5 Å². The minimum absolute atomic E-state index is 0.0546. The molecule has 1 aromatic carbocycles. The molecule has 3 rings (SSSR count). The van der Waals surface area contributed by atoms with Crippen LogP contribution in [-0.2, 0) is 16.0 Å². The van der Waals surface area contributed by atoms with E-state index in [-0.39, 0.29) is 24.1 Å². The first-order valence-electron chi connectivity index (χ1n) is 8.29. The van der Waals surface area contributed by atoms with Gasteiger partial charge in [-0.15, -0.1) is 12.3 Å². The first kappa shape index (κ1) is 17.0. The van der Waals surface area contributed by atoms with Crippen molar-refractivity contribution in [3.63, 3.8) is 0 Å². The molecule has 7 nitrogen and oxygen atoms in total. The number of terminal acetylenes is 1. The monoisotopic (exact) mass is 340 g/mol. The molecule has 1 N–H and O–H groups in total. The third-order valence-electron chi connectivity index (χ3n) is 4.27. The van der Waals surface area contributed by atoms with E-state index in [1.807, 2.05) is 24.3 Å². The Kier molecular flexibility index (Phi) is 4.98. The van der Waals surface area contributed by atoms with E-state index >= 15 is 0 Å². The molecule has 0 unspecified atom stereocenters. The summed E-state index contributed by atoms with van der Waals surface area (Å²) in [6, 6.07) is 7.35. The van der Waals surface area contributed by atoms with Crippen LogP contribution in [0, 0.1) is 12.3 Å². The van der Waals surface area contributed by atoms with Gasteiger partial charge in [0.1, 0.15) is 6.61 Å². The van der Waals surface area contributed by atoms with Crippen LogP contribution in [-0.4, -0.2) is 37.4 Å². The molecule has 2 amide bonds. The molecule has 0 bridgehead atoms. The lowest BCUT2D eigenvalue weighted by Gasteiger charge is -2.13. The van der Waals surface area contributed by atoms with E-state index in [0.29, 0.717) is 32.5 Å². The summed E-state index contributed by atoms with van der Waals surface area (Å²) in [7, 11) is 0. The number of ether oxygens (including phenoxy) is 1. The summed E-state index contributed by atoms with van der Waals surface area (Å²) in [6.07, 6.45) is 7.26. The number of nitrogens with zero attached hydrogens (tertiary/aromatic N) is 3. The third kappa shape index (κ3) is 4.35. The fraction of sp³-hybridized carbons (Fsp3) is 0.444. The van der Waals surface area contributed by atoms with E-state index < -0.39 is 0 Å². The number of rotatable bonds is 8. The van der Waals surface area contributed by atoms with Crippen molar-refractivity contribution in [1.82, 2.24) is 5.32 Å². The van der Waals surface area contributed by atoms with Gasteiger partial charge in [-0.1, -0.05) is 12.1 Å². The Hall–Kier alpha value is -2.88. The van der Waals surface area contributed by atoms with Gasteiger partial charge in [-0.3, -0.25) is 9.69 Å². The van der Waals surface area contributed by atoms with Gasteiger partial charge in [0.2, 0.25) is 5.91 Å². The molecule has 0 spiro atoms. The van der Waals surface area contributed by atoms with Crippen LogP contribution in [0.1, 0.15) is 24.8 Å². The number of carbonyl (C=O) groups is 2. The molecule has 1 aromatic rings. The number of hydrogen-bond donors (Lipinski definition) is 1. The van der Waals surface area contributed by atoms with E-state index in [2.05, 4.69) is 21.5 Å². The van der Waals surface area contributed by atoms with Crippen LogP contribution in [0.25, 0.3) is 0 Å². The van der Waals surface area contributed by atoms with Gasteiger partial charge in [0, 0.05) is 31.5 Å². The predicted octanol–water partition coefficient (Wildman–Crippen LogP) is 2.27. The summed E-state index contributed by atoms with van der Waals surface area (Å²) < 4.78 is 4.91. The van der Waals surface area contributed by atoms with Gasteiger partial charge in [-0.2, -0.15) is 10.2 Å². The second-order valence-electron chi connectivity index (χ2n) is 6.10. The van der Waals surface area contributed by atoms with Gasteiger partial charge in [0.15, 0.2) is 5.66 Å². The minimum atomic E-state index is -0.369. The average Bonchev–Trinajstić information content (AvgIpc) is 3.25. The highest BCUT2D eigenvalue weighted by Gasteiger charge is 2.38. The molecule has 0 aliphatic carbocycles. The number of carbonyl (C=O) groups excluding carboxylic acids is 2. The second kappa shape index (κ2) is 7.34. The highest BCUT2D eigenvalue weighted by molar-refractivity contribution is 5.89. The van der Waals surface area contributed by atoms with Gasteiger partial charge in [0.05, 0.1) is 13.0 Å². The molecule has 1 fully saturated rings. The predicted molar refractivity (Wildman–Crippen MR) is 92.1 cm³/mol. The quantitative estimate of drug-likeness (QED) is 0.737. The van der Waals surface area contributed by atoms with Crippen LogP contribution in [0.3, 0.4) is 0 Å². The molecule has 0 saturated carbocycles. The maximum atomic E-state index is 12.0. The Bertz CT molecular complexity index is 715. The number of benzene rings is 1. The fourth-order valence-corrected chi connectivity index (χ4v) is 2.74. The average molecular weight is 340 g/mol. The van der Waals surface area contributed by atoms with Crippen molar-refractivity contribution in [1.29, 1.82) is 0 Å². The zero-order chi connectivity index (χ0) is 17.7. The third-order valence-corrected chi connectivity index (χ3v) is 4.27. The standard InChI is InChI=1S/C18H20N4O3/c1-2-3-8-18(20-21-18)9-10-19-16(23)13-14-4-6-15(7-5-14)22-11-12-25-17(22)24/h1,4-7H,3,8-13H2,(H,19,23). The molecule has 2 aliphatic heterocycles. The number of cyclic esters (lactones) is 1. The molecule has 2 heterocycles. The second-order valence-corrected chi connectivity index (χ2v) is 6.10. The van der Waals surface area contributed by atoms with Crippen LogP contribution in [0.15, 0.2) is 34.5 Å². The summed E-state index contributed by atoms with van der Waals surface area (Å²) in [5.74, 6) is 2.53. The lowest BCUT2D eigenvalue weighted by atomic mass is 10.0. The Balaban J connectivity index is 1.42. The molecule has 0 radical (unpaired) electrons. The van der Waals surface area contributed by atoms with Crippen molar-refractivity contribution < 1.29 is 14.3 Å². The van der Waals surface area contributed by atoms with E-state index in [4.69, 9.17) is 11.2 Å². The molecular weight excluding hydrogens is 320 g/mol. The lowest BCUT2D eigenvalue weighted by molar-refractivity contribution is -0.120. The lowest BCUT2D eigenvalue weighted by Crippen LogP contribution is -2.29. The van der Waals surface area contributed by atoms with Crippen molar-refractivity contribution in [3.05, 3.63) is 29.8 Å². The normalized spacial score (nSPS) is 17.1. The molecule has 0 atom stereocenters. The van der Waals surface area contributed by atoms with Crippen LogP contribution >= 0.6 is 0 Å². The summed E-state index contributed by atoms with van der Waals surface area (Å²) in [5, 5.41) is 11.0. The van der Waals surface area contributed by atoms with E-state index in [1.165, 1.54) is 0 Å². The fourth-order valence-electron chi connectivity index (χ4n) is 2.74. The molecule has 0 aromatic heterocycles. The van der Waals surface area contributed by atoms with Gasteiger partial charge >= 0.3 is 6.09 Å². The van der Waals surface area contributed by atoms with Crippen molar-refractivity contribution in [2.45, 2.75) is 31.3 Å². The Morgan fingerprint density at radius 2 is 2.08 bits per heavy atom. The van der Waals surface area contributed by atoms with E-state index in [0.717, 1.165) is 17.7 Å². The van der Waals surface area contributed by atoms with Crippen LogP contribution in [0.5, 0.6) is 0 Å². The number of anilines is 1. The maximum absolute atomic E-state index is 12.0. The van der Waals surface area contributed by atoms with Gasteiger partial charge in [0.25, 0.3) is 0 Å². The summed E-state index contributed by atoms with van der Waals surface area (Å²) in [5.41, 5.74) is 1.29. The first-order valence-corrected chi connectivity index (χ1v) is 8.29. The minimum Gasteiger partial charge on any atom is -0.447 e. The first-order chi connectivity index (χ1) is 12.1. The van der Waals surface area contributed by atoms with E-state index in [1.54, 1.807) is 4.90 Å². The zero-order valence-electron chi connectivity index (χ0n) is 13.9. The van der Waals surface area contributed by atoms with Crippen molar-refractivity contribution >= 4 is 17.7 Å². The largest absolute Gasteiger partial charge is 0.447 e. The molecule has 130 valence electrons. The van der Waals surface area contributed by atoms with Crippen molar-refractivity contribution in [3.8, 4) is 12.3 Å². The Morgan fingerprint density at radius 1 is 1.32 bits per heavy atom. The van der Waals surface area contributed by atoms with Crippen molar-refractivity contribution in [2.24, 2.45) is 10.2 Å². The summed E-state index contributed by atoms with van der Waals surface area (Å²) >= 11 is 0. The van der Waals surface area contributed by atoms with Crippen LogP contribution < -0.4 is 10.2 Å². The molecule has 2 aliphatic rings. The summed E-state index contributed by atoms with van der Waals surface area (Å²) in [4.78, 5) is 25.1. The molecule has 7 heteroatoms. The smallest absolute Gasteiger partial charge is 0.414 e. The SMILES string of the molecule is C#CCCC1(CCNC(=O)Cc2ccc(N3CCOC3=O)cc2)N=N1. The van der Waals surface area contributed by atoms with Gasteiger partial charge < -0.3 is 10.1 Å². The summed E-state index contributed by atoms with van der Waals surface area (Å²) in [6.45, 7) is 1.48. The molecule has 1 saturated heterocycles. The van der Waals surface area contributed by atoms with Gasteiger partial charge in [-0.05, 0) is 17.7 Å². The van der Waals surface area contributed by atoms with Gasteiger partial charge in [-0.25, -0.2) is 4.79 Å². The highest BCUT2D eigenvalue weighted by atomic mass is 16.6. The molecule has 25 heavy (non-hydrogen) atoms. The maximum Gasteiger partial charge on any atom is 0.414 e. The number of nitrogens with one attached hydrogen (secondary N) is 1. The number of amides is 2. The zero-order valence-corrected chi connectivity index (χ0v) is 13.9. The number of hydrogen-bond acceptors (Lipinski definition) is 5. The van der Waals surface area contributed by atoms with Crippen LogP contribution in [0.2, 0.25) is 0 Å². The topological polar surface area (TPSA) is 83.4 Å². The Morgan fingerprint density at radius 3 is 2.68 bits per heavy atom. The van der Waals surface area contributed by atoms with E-state index in [9.17, 15) is 9.59 Å². The Labute approximate surface area is 146 Å². The molecular formula is C18H20N4O3. The highest BCUT2D eigenvalue weighted by Crippen LogP contribution is 2.36.